The van der Waals surface area contributed by atoms with Crippen LogP contribution in [0.15, 0.2) is 24.3 Å². The van der Waals surface area contributed by atoms with E-state index in [4.69, 9.17) is 0 Å². The first-order valence-electron chi connectivity index (χ1n) is 5.33. The number of likely N-dealkylation sites (N-methyl/N-ethyl adjacent to an activating group) is 1. The van der Waals surface area contributed by atoms with Gasteiger partial charge in [-0.2, -0.15) is 13.2 Å². The number of halogens is 4. The molecule has 0 saturated carbocycles. The van der Waals surface area contributed by atoms with E-state index in [9.17, 15) is 13.2 Å². The summed E-state index contributed by atoms with van der Waals surface area (Å²) >= 11 is 0. The third kappa shape index (κ3) is 5.41. The lowest BCUT2D eigenvalue weighted by Crippen LogP contribution is -2.27. The Labute approximate surface area is 106 Å². The normalized spacial score (nSPS) is 13.0. The van der Waals surface area contributed by atoms with Gasteiger partial charge in [-0.1, -0.05) is 25.1 Å². The lowest BCUT2D eigenvalue weighted by Gasteiger charge is -2.13. The van der Waals surface area contributed by atoms with E-state index < -0.39 is 11.7 Å². The molecule has 0 saturated heterocycles. The standard InChI is InChI=1S/C12H16F3N.ClH/c1-3-16-9(2)7-10-5-4-6-11(8-10)12(13,14)15;/h4-6,8-9,16H,3,7H2,1-2H3;1H/t9-;/m0./s1. The number of rotatable bonds is 4. The highest BCUT2D eigenvalue weighted by molar-refractivity contribution is 5.85. The Bertz CT molecular complexity index is 339. The van der Waals surface area contributed by atoms with Gasteiger partial charge in [0, 0.05) is 6.04 Å². The van der Waals surface area contributed by atoms with Crippen molar-refractivity contribution in [1.29, 1.82) is 0 Å². The van der Waals surface area contributed by atoms with E-state index in [1.165, 1.54) is 12.1 Å². The number of benzene rings is 1. The molecule has 0 radical (unpaired) electrons. The third-order valence-corrected chi connectivity index (χ3v) is 2.35. The topological polar surface area (TPSA) is 12.0 Å². The molecule has 17 heavy (non-hydrogen) atoms. The number of alkyl halides is 3. The van der Waals surface area contributed by atoms with Crippen molar-refractivity contribution in [2.75, 3.05) is 6.54 Å². The molecule has 0 aliphatic rings. The fourth-order valence-electron chi connectivity index (χ4n) is 1.65. The largest absolute Gasteiger partial charge is 0.416 e. The van der Waals surface area contributed by atoms with Gasteiger partial charge in [0.1, 0.15) is 0 Å². The molecule has 0 heterocycles. The second-order valence-corrected chi connectivity index (χ2v) is 3.86. The quantitative estimate of drug-likeness (QED) is 0.878. The number of nitrogens with one attached hydrogen (secondary N) is 1. The van der Waals surface area contributed by atoms with Gasteiger partial charge in [0.2, 0.25) is 0 Å². The Kier molecular flexibility index (Phi) is 6.57. The van der Waals surface area contributed by atoms with Crippen molar-refractivity contribution in [2.24, 2.45) is 0 Å². The summed E-state index contributed by atoms with van der Waals surface area (Å²) < 4.78 is 37.3. The molecule has 98 valence electrons. The molecule has 0 spiro atoms. The summed E-state index contributed by atoms with van der Waals surface area (Å²) in [5, 5.41) is 3.17. The van der Waals surface area contributed by atoms with Crippen molar-refractivity contribution in [3.05, 3.63) is 35.4 Å². The van der Waals surface area contributed by atoms with Gasteiger partial charge in [0.15, 0.2) is 0 Å². The molecule has 0 bridgehead atoms. The molecule has 1 N–H and O–H groups in total. The molecule has 1 nitrogen and oxygen atoms in total. The van der Waals surface area contributed by atoms with Gasteiger partial charge in [0.25, 0.3) is 0 Å². The minimum atomic E-state index is -4.25. The van der Waals surface area contributed by atoms with Crippen molar-refractivity contribution in [3.8, 4) is 0 Å². The summed E-state index contributed by atoms with van der Waals surface area (Å²) in [6, 6.07) is 5.68. The second kappa shape index (κ2) is 6.87. The molecule has 0 amide bonds. The predicted octanol–water partition coefficient (Wildman–Crippen LogP) is 3.67. The zero-order chi connectivity index (χ0) is 12.2. The Balaban J connectivity index is 0.00000256. The van der Waals surface area contributed by atoms with Gasteiger partial charge < -0.3 is 5.32 Å². The van der Waals surface area contributed by atoms with Gasteiger partial charge in [-0.25, -0.2) is 0 Å². The summed E-state index contributed by atoms with van der Waals surface area (Å²) in [4.78, 5) is 0. The second-order valence-electron chi connectivity index (χ2n) is 3.86. The maximum atomic E-state index is 12.4. The van der Waals surface area contributed by atoms with Crippen LogP contribution in [0.1, 0.15) is 25.0 Å². The lowest BCUT2D eigenvalue weighted by molar-refractivity contribution is -0.137. The fraction of sp³-hybridized carbons (Fsp3) is 0.500. The van der Waals surface area contributed by atoms with Crippen LogP contribution in [0.5, 0.6) is 0 Å². The van der Waals surface area contributed by atoms with Gasteiger partial charge >= 0.3 is 6.18 Å². The molecule has 1 aromatic rings. The highest BCUT2D eigenvalue weighted by Crippen LogP contribution is 2.29. The summed E-state index contributed by atoms with van der Waals surface area (Å²) in [5.74, 6) is 0. The van der Waals surface area contributed by atoms with Gasteiger partial charge in [-0.15, -0.1) is 12.4 Å². The van der Waals surface area contributed by atoms with Gasteiger partial charge in [0.05, 0.1) is 5.56 Å². The average Bonchev–Trinajstić information content (AvgIpc) is 2.17. The maximum absolute atomic E-state index is 12.4. The van der Waals surface area contributed by atoms with Crippen LogP contribution in [0.25, 0.3) is 0 Å². The predicted molar refractivity (Wildman–Crippen MR) is 65.5 cm³/mol. The Morgan fingerprint density at radius 3 is 2.47 bits per heavy atom. The SMILES string of the molecule is CCN[C@@H](C)Cc1cccc(C(F)(F)F)c1.Cl. The molecule has 0 aliphatic carbocycles. The monoisotopic (exact) mass is 267 g/mol. The highest BCUT2D eigenvalue weighted by Gasteiger charge is 2.30. The smallest absolute Gasteiger partial charge is 0.314 e. The fourth-order valence-corrected chi connectivity index (χ4v) is 1.65. The number of hydrogen-bond donors (Lipinski definition) is 1. The maximum Gasteiger partial charge on any atom is 0.416 e. The van der Waals surface area contributed by atoms with E-state index in [0.29, 0.717) is 12.0 Å². The molecule has 0 fully saturated rings. The first-order chi connectivity index (χ1) is 7.43. The molecule has 5 heteroatoms. The van der Waals surface area contributed by atoms with Crippen LogP contribution in [0.4, 0.5) is 13.2 Å². The van der Waals surface area contributed by atoms with E-state index in [-0.39, 0.29) is 18.4 Å². The van der Waals surface area contributed by atoms with Crippen molar-refractivity contribution in [1.82, 2.24) is 5.32 Å². The molecule has 0 unspecified atom stereocenters. The minimum Gasteiger partial charge on any atom is -0.314 e. The number of hydrogen-bond acceptors (Lipinski definition) is 1. The van der Waals surface area contributed by atoms with E-state index in [1.54, 1.807) is 6.07 Å². The Morgan fingerprint density at radius 2 is 1.94 bits per heavy atom. The molecule has 1 atom stereocenters. The van der Waals surface area contributed by atoms with Crippen LogP contribution in [0.3, 0.4) is 0 Å². The van der Waals surface area contributed by atoms with Gasteiger partial charge in [-0.3, -0.25) is 0 Å². The highest BCUT2D eigenvalue weighted by atomic mass is 35.5. The van der Waals surface area contributed by atoms with E-state index in [0.717, 1.165) is 12.6 Å². The van der Waals surface area contributed by atoms with Crippen LogP contribution >= 0.6 is 12.4 Å². The lowest BCUT2D eigenvalue weighted by atomic mass is 10.0. The van der Waals surface area contributed by atoms with Crippen molar-refractivity contribution in [3.63, 3.8) is 0 Å². The molecule has 1 rings (SSSR count). The summed E-state index contributed by atoms with van der Waals surface area (Å²) in [6.07, 6.45) is -3.64. The molecular formula is C12H17ClF3N. The van der Waals surface area contributed by atoms with Crippen LogP contribution in [-0.2, 0) is 12.6 Å². The summed E-state index contributed by atoms with van der Waals surface area (Å²) in [5.41, 5.74) is 0.136. The van der Waals surface area contributed by atoms with Crippen molar-refractivity contribution in [2.45, 2.75) is 32.5 Å². The first-order valence-corrected chi connectivity index (χ1v) is 5.33. The average molecular weight is 268 g/mol. The van der Waals surface area contributed by atoms with E-state index in [2.05, 4.69) is 5.32 Å². The molecule has 1 aromatic carbocycles. The van der Waals surface area contributed by atoms with E-state index >= 15 is 0 Å². The first kappa shape index (κ1) is 16.3. The Morgan fingerprint density at radius 1 is 1.29 bits per heavy atom. The van der Waals surface area contributed by atoms with Crippen LogP contribution < -0.4 is 5.32 Å². The third-order valence-electron chi connectivity index (χ3n) is 2.35. The summed E-state index contributed by atoms with van der Waals surface area (Å²) in [7, 11) is 0. The van der Waals surface area contributed by atoms with Crippen LogP contribution in [0, 0.1) is 0 Å². The summed E-state index contributed by atoms with van der Waals surface area (Å²) in [6.45, 7) is 4.76. The zero-order valence-electron chi connectivity index (χ0n) is 9.84. The van der Waals surface area contributed by atoms with Crippen LogP contribution in [0.2, 0.25) is 0 Å². The van der Waals surface area contributed by atoms with Crippen molar-refractivity contribution < 1.29 is 13.2 Å². The molecule has 0 aromatic heterocycles. The van der Waals surface area contributed by atoms with E-state index in [1.807, 2.05) is 13.8 Å². The van der Waals surface area contributed by atoms with Crippen LogP contribution in [-0.4, -0.2) is 12.6 Å². The molecule has 0 aliphatic heterocycles. The Hall–Kier alpha value is -0.740. The zero-order valence-corrected chi connectivity index (χ0v) is 10.7. The van der Waals surface area contributed by atoms with Crippen molar-refractivity contribution >= 4 is 12.4 Å². The minimum absolute atomic E-state index is 0. The van der Waals surface area contributed by atoms with Gasteiger partial charge in [-0.05, 0) is 31.5 Å². The molecular weight excluding hydrogens is 251 g/mol.